The maximum Gasteiger partial charge on any atom is 0.338 e. The van der Waals surface area contributed by atoms with Crippen molar-refractivity contribution in [1.82, 2.24) is 0 Å². The maximum atomic E-state index is 11.6. The molecule has 0 saturated carbocycles. The Balaban J connectivity index is 2.63. The van der Waals surface area contributed by atoms with Gasteiger partial charge in [-0.25, -0.2) is 4.79 Å². The molecule has 1 aliphatic carbocycles. The van der Waals surface area contributed by atoms with Crippen LogP contribution in [-0.4, -0.2) is 11.6 Å². The van der Waals surface area contributed by atoms with E-state index in [4.69, 9.17) is 4.74 Å². The number of hydrogen-bond donors (Lipinski definition) is 0. The van der Waals surface area contributed by atoms with Crippen molar-refractivity contribution in [2.24, 2.45) is 0 Å². The zero-order valence-electron chi connectivity index (χ0n) is 8.06. The van der Waals surface area contributed by atoms with E-state index < -0.39 is 5.60 Å². The molecule has 4 heteroatoms. The molecule has 0 aromatic carbocycles. The molecule has 0 N–H and O–H groups in total. The molecule has 0 bridgehead atoms. The van der Waals surface area contributed by atoms with E-state index in [1.54, 1.807) is 19.9 Å². The summed E-state index contributed by atoms with van der Waals surface area (Å²) >= 11 is 6.67. The molecule has 0 heterocycles. The van der Waals surface area contributed by atoms with E-state index in [0.717, 1.165) is 8.96 Å². The molecule has 0 unspecified atom stereocenters. The molecular formula is C10H11Br2O2+. The Hall–Kier alpha value is -0.220. The van der Waals surface area contributed by atoms with E-state index in [1.165, 1.54) is 0 Å². The number of esters is 1. The van der Waals surface area contributed by atoms with Crippen LogP contribution in [0.3, 0.4) is 0 Å². The molecule has 0 saturated heterocycles. The minimum Gasteiger partial charge on any atom is -0.415 e. The van der Waals surface area contributed by atoms with Crippen molar-refractivity contribution in [3.05, 3.63) is 27.5 Å². The van der Waals surface area contributed by atoms with Crippen molar-refractivity contribution < 1.29 is 9.53 Å². The summed E-state index contributed by atoms with van der Waals surface area (Å²) in [6.45, 7) is 7.21. The van der Waals surface area contributed by atoms with E-state index in [0.29, 0.717) is 12.0 Å². The van der Waals surface area contributed by atoms with Crippen LogP contribution in [-0.2, 0) is 9.53 Å². The first kappa shape index (κ1) is 11.9. The SMILES string of the molecule is [CH2+]C(C)(C)OC(=O)C1=CC(Br)=C(Br)C1. The number of halogens is 2. The molecule has 0 amide bonds. The van der Waals surface area contributed by atoms with Crippen LogP contribution in [0.5, 0.6) is 0 Å². The number of carbonyl (C=O) groups is 1. The lowest BCUT2D eigenvalue weighted by Crippen LogP contribution is -2.24. The molecule has 0 fully saturated rings. The van der Waals surface area contributed by atoms with Gasteiger partial charge in [0.05, 0.1) is 0 Å². The molecule has 0 aliphatic heterocycles. The van der Waals surface area contributed by atoms with Crippen LogP contribution in [0.1, 0.15) is 20.3 Å². The van der Waals surface area contributed by atoms with Gasteiger partial charge in [-0.15, -0.1) is 0 Å². The zero-order chi connectivity index (χ0) is 10.9. The minimum absolute atomic E-state index is 0.309. The molecule has 0 aromatic heterocycles. The molecular weight excluding hydrogens is 312 g/mol. The molecule has 2 nitrogen and oxygen atoms in total. The van der Waals surface area contributed by atoms with Gasteiger partial charge < -0.3 is 4.74 Å². The van der Waals surface area contributed by atoms with Crippen LogP contribution < -0.4 is 0 Å². The summed E-state index contributed by atoms with van der Waals surface area (Å²) in [5.74, 6) is -0.309. The highest BCUT2D eigenvalue weighted by atomic mass is 79.9. The summed E-state index contributed by atoms with van der Waals surface area (Å²) in [6.07, 6.45) is 2.34. The molecule has 14 heavy (non-hydrogen) atoms. The Morgan fingerprint density at radius 1 is 1.57 bits per heavy atom. The average Bonchev–Trinajstić information content (AvgIpc) is 2.28. The Morgan fingerprint density at radius 3 is 2.50 bits per heavy atom. The quantitative estimate of drug-likeness (QED) is 0.575. The standard InChI is InChI=1S/C10H11Br2O2/c1-10(2,3)14-9(13)6-4-7(11)8(12)5-6/h4H,1,5H2,2-3H3/q+1. The second kappa shape index (κ2) is 4.11. The number of hydrogen-bond acceptors (Lipinski definition) is 2. The molecule has 76 valence electrons. The van der Waals surface area contributed by atoms with Crippen LogP contribution in [0.25, 0.3) is 0 Å². The highest BCUT2D eigenvalue weighted by molar-refractivity contribution is 9.14. The number of allylic oxidation sites excluding steroid dienone is 3. The Bertz CT molecular complexity index is 322. The van der Waals surface area contributed by atoms with Crippen molar-refractivity contribution in [1.29, 1.82) is 0 Å². The largest absolute Gasteiger partial charge is 0.415 e. The fourth-order valence-corrected chi connectivity index (χ4v) is 1.81. The summed E-state index contributed by atoms with van der Waals surface area (Å²) in [5, 5.41) is 0. The Morgan fingerprint density at radius 2 is 2.14 bits per heavy atom. The average molecular weight is 323 g/mol. The smallest absolute Gasteiger partial charge is 0.338 e. The van der Waals surface area contributed by atoms with Gasteiger partial charge in [-0.2, -0.15) is 0 Å². The van der Waals surface area contributed by atoms with E-state index in [2.05, 4.69) is 38.8 Å². The molecule has 0 radical (unpaired) electrons. The maximum absolute atomic E-state index is 11.6. The van der Waals surface area contributed by atoms with Gasteiger partial charge in [-0.3, -0.25) is 0 Å². The van der Waals surface area contributed by atoms with Gasteiger partial charge in [0, 0.05) is 34.8 Å². The van der Waals surface area contributed by atoms with Gasteiger partial charge >= 0.3 is 5.97 Å². The van der Waals surface area contributed by atoms with E-state index in [9.17, 15) is 4.79 Å². The van der Waals surface area contributed by atoms with Gasteiger partial charge in [0.1, 0.15) is 6.92 Å². The highest BCUT2D eigenvalue weighted by Crippen LogP contribution is 2.34. The zero-order valence-corrected chi connectivity index (χ0v) is 11.2. The molecule has 1 rings (SSSR count). The summed E-state index contributed by atoms with van der Waals surface area (Å²) in [7, 11) is 0. The Kier molecular flexibility index (Phi) is 3.48. The summed E-state index contributed by atoms with van der Waals surface area (Å²) in [6, 6.07) is 0. The lowest BCUT2D eigenvalue weighted by molar-refractivity contribution is -0.147. The van der Waals surface area contributed by atoms with Crippen LogP contribution in [0, 0.1) is 6.92 Å². The van der Waals surface area contributed by atoms with E-state index >= 15 is 0 Å². The van der Waals surface area contributed by atoms with Gasteiger partial charge in [0.15, 0.2) is 0 Å². The lowest BCUT2D eigenvalue weighted by Gasteiger charge is -2.13. The molecule has 0 aromatic rings. The van der Waals surface area contributed by atoms with Crippen molar-refractivity contribution in [3.63, 3.8) is 0 Å². The third-order valence-corrected chi connectivity index (χ3v) is 3.48. The predicted molar refractivity (Wildman–Crippen MR) is 63.1 cm³/mol. The van der Waals surface area contributed by atoms with Gasteiger partial charge in [-0.1, -0.05) is 15.9 Å². The van der Waals surface area contributed by atoms with Crippen LogP contribution in [0.4, 0.5) is 0 Å². The lowest BCUT2D eigenvalue weighted by atomic mass is 10.2. The first-order valence-electron chi connectivity index (χ1n) is 4.13. The van der Waals surface area contributed by atoms with E-state index in [-0.39, 0.29) is 5.97 Å². The molecule has 1 aliphatic rings. The normalized spacial score (nSPS) is 17.0. The van der Waals surface area contributed by atoms with Gasteiger partial charge in [0.2, 0.25) is 5.60 Å². The van der Waals surface area contributed by atoms with Crippen molar-refractivity contribution in [2.45, 2.75) is 25.9 Å². The van der Waals surface area contributed by atoms with Crippen molar-refractivity contribution >= 4 is 37.8 Å². The first-order chi connectivity index (χ1) is 6.29. The van der Waals surface area contributed by atoms with Crippen molar-refractivity contribution in [2.75, 3.05) is 0 Å². The van der Waals surface area contributed by atoms with Crippen LogP contribution in [0.2, 0.25) is 0 Å². The third-order valence-electron chi connectivity index (χ3n) is 1.54. The highest BCUT2D eigenvalue weighted by Gasteiger charge is 2.27. The van der Waals surface area contributed by atoms with Gasteiger partial charge in [-0.05, 0) is 22.0 Å². The van der Waals surface area contributed by atoms with E-state index in [1.807, 2.05) is 0 Å². The monoisotopic (exact) mass is 321 g/mol. The van der Waals surface area contributed by atoms with Gasteiger partial charge in [0.25, 0.3) is 0 Å². The topological polar surface area (TPSA) is 26.3 Å². The number of rotatable bonds is 2. The summed E-state index contributed by atoms with van der Waals surface area (Å²) in [5.41, 5.74) is -0.0418. The molecule has 0 spiro atoms. The Labute approximate surface area is 101 Å². The summed E-state index contributed by atoms with van der Waals surface area (Å²) in [4.78, 5) is 11.6. The first-order valence-corrected chi connectivity index (χ1v) is 5.71. The van der Waals surface area contributed by atoms with Crippen LogP contribution in [0.15, 0.2) is 20.6 Å². The van der Waals surface area contributed by atoms with Crippen molar-refractivity contribution in [3.8, 4) is 0 Å². The minimum atomic E-state index is -0.681. The second-order valence-electron chi connectivity index (χ2n) is 3.75. The summed E-state index contributed by atoms with van der Waals surface area (Å²) < 4.78 is 6.99. The third kappa shape index (κ3) is 3.17. The fourth-order valence-electron chi connectivity index (χ4n) is 0.982. The number of ether oxygens (including phenoxy) is 1. The second-order valence-corrected chi connectivity index (χ2v) is 5.56. The predicted octanol–water partition coefficient (Wildman–Crippen LogP) is 3.47. The van der Waals surface area contributed by atoms with Crippen LogP contribution >= 0.6 is 31.9 Å². The molecule has 0 atom stereocenters. The fraction of sp³-hybridized carbons (Fsp3) is 0.400. The number of carbonyl (C=O) groups excluding carboxylic acids is 1.